The van der Waals surface area contributed by atoms with Crippen molar-refractivity contribution in [2.45, 2.75) is 31.3 Å². The predicted octanol–water partition coefficient (Wildman–Crippen LogP) is 2.95. The summed E-state index contributed by atoms with van der Waals surface area (Å²) >= 11 is 0. The normalized spacial score (nSPS) is 12.3. The summed E-state index contributed by atoms with van der Waals surface area (Å²) in [4.78, 5) is 11.6. The second kappa shape index (κ2) is 9.08. The number of nitrogens with two attached hydrogens (primary N) is 1. The molecule has 0 bridgehead atoms. The fourth-order valence-corrected chi connectivity index (χ4v) is 2.65. The average molecular weight is 312 g/mol. The van der Waals surface area contributed by atoms with Gasteiger partial charge in [-0.1, -0.05) is 67.1 Å². The van der Waals surface area contributed by atoms with Gasteiger partial charge in [0, 0.05) is 0 Å². The Bertz CT molecular complexity index is 547. The van der Waals surface area contributed by atoms with Crippen molar-refractivity contribution in [3.05, 3.63) is 71.8 Å². The third-order valence-corrected chi connectivity index (χ3v) is 3.88. The van der Waals surface area contributed by atoms with E-state index in [9.17, 15) is 9.90 Å². The Morgan fingerprint density at radius 2 is 1.48 bits per heavy atom. The molecule has 122 valence electrons. The number of carbonyl (C=O) groups is 1. The Balaban J connectivity index is 2.21. The minimum absolute atomic E-state index is 0.142. The molecule has 0 saturated carbocycles. The van der Waals surface area contributed by atoms with Gasteiger partial charge in [-0.05, 0) is 30.5 Å². The van der Waals surface area contributed by atoms with Gasteiger partial charge in [-0.2, -0.15) is 0 Å². The number of unbranched alkanes of at least 4 members (excludes halogenated alkanes) is 1. The number of benzene rings is 2. The van der Waals surface area contributed by atoms with Crippen LogP contribution in [0.3, 0.4) is 0 Å². The zero-order chi connectivity index (χ0) is 16.5. The molecule has 2 aromatic rings. The van der Waals surface area contributed by atoms with Crippen molar-refractivity contribution in [2.24, 2.45) is 5.73 Å². The first-order valence-electron chi connectivity index (χ1n) is 8.01. The molecular weight excluding hydrogens is 288 g/mol. The summed E-state index contributed by atoms with van der Waals surface area (Å²) < 4.78 is 0. The van der Waals surface area contributed by atoms with Gasteiger partial charge in [0.25, 0.3) is 0 Å². The van der Waals surface area contributed by atoms with Crippen molar-refractivity contribution in [2.75, 3.05) is 6.54 Å². The van der Waals surface area contributed by atoms with Crippen LogP contribution < -0.4 is 11.1 Å². The summed E-state index contributed by atoms with van der Waals surface area (Å²) in [5.41, 5.74) is 7.62. The van der Waals surface area contributed by atoms with E-state index in [1.54, 1.807) is 0 Å². The van der Waals surface area contributed by atoms with Gasteiger partial charge in [-0.25, -0.2) is 0 Å². The van der Waals surface area contributed by atoms with Gasteiger partial charge in [0.1, 0.15) is 6.04 Å². The molecule has 4 nitrogen and oxygen atoms in total. The molecule has 0 spiro atoms. The van der Waals surface area contributed by atoms with Crippen molar-refractivity contribution < 1.29 is 9.90 Å². The van der Waals surface area contributed by atoms with Gasteiger partial charge in [0.15, 0.2) is 0 Å². The van der Waals surface area contributed by atoms with Crippen LogP contribution in [0.15, 0.2) is 60.7 Å². The summed E-state index contributed by atoms with van der Waals surface area (Å²) in [6.45, 7) is 0.590. The zero-order valence-corrected chi connectivity index (χ0v) is 13.2. The highest BCUT2D eigenvalue weighted by atomic mass is 16.4. The predicted molar refractivity (Wildman–Crippen MR) is 92.2 cm³/mol. The van der Waals surface area contributed by atoms with Crippen LogP contribution in [-0.2, 0) is 4.79 Å². The van der Waals surface area contributed by atoms with Crippen LogP contribution in [0, 0.1) is 0 Å². The Labute approximate surface area is 137 Å². The lowest BCUT2D eigenvalue weighted by Crippen LogP contribution is -2.39. The fraction of sp³-hybridized carbons (Fsp3) is 0.316. The lowest BCUT2D eigenvalue weighted by molar-refractivity contribution is -0.139. The topological polar surface area (TPSA) is 75.3 Å². The van der Waals surface area contributed by atoms with Crippen LogP contribution in [0.5, 0.6) is 0 Å². The highest BCUT2D eigenvalue weighted by Gasteiger charge is 2.23. The molecule has 1 atom stereocenters. The summed E-state index contributed by atoms with van der Waals surface area (Å²) in [6.07, 6.45) is 2.21. The maximum absolute atomic E-state index is 11.6. The third kappa shape index (κ3) is 5.20. The first-order chi connectivity index (χ1) is 11.2. The lowest BCUT2D eigenvalue weighted by Gasteiger charge is -2.24. The maximum Gasteiger partial charge on any atom is 0.320 e. The third-order valence-electron chi connectivity index (χ3n) is 3.88. The van der Waals surface area contributed by atoms with Gasteiger partial charge in [-0.15, -0.1) is 0 Å². The van der Waals surface area contributed by atoms with Crippen LogP contribution in [0.1, 0.15) is 36.4 Å². The van der Waals surface area contributed by atoms with Crippen molar-refractivity contribution in [3.63, 3.8) is 0 Å². The van der Waals surface area contributed by atoms with E-state index in [0.29, 0.717) is 13.0 Å². The molecule has 0 heterocycles. The van der Waals surface area contributed by atoms with E-state index in [-0.39, 0.29) is 6.04 Å². The van der Waals surface area contributed by atoms with Gasteiger partial charge >= 0.3 is 5.97 Å². The number of rotatable bonds is 9. The van der Waals surface area contributed by atoms with E-state index in [1.807, 2.05) is 60.7 Å². The zero-order valence-electron chi connectivity index (χ0n) is 13.2. The van der Waals surface area contributed by atoms with E-state index >= 15 is 0 Å². The van der Waals surface area contributed by atoms with Gasteiger partial charge in [0.05, 0.1) is 6.04 Å². The van der Waals surface area contributed by atoms with E-state index < -0.39 is 12.0 Å². The molecule has 23 heavy (non-hydrogen) atoms. The number of hydrogen-bond donors (Lipinski definition) is 3. The van der Waals surface area contributed by atoms with Crippen LogP contribution in [0.4, 0.5) is 0 Å². The van der Waals surface area contributed by atoms with Crippen LogP contribution in [0.2, 0.25) is 0 Å². The Morgan fingerprint density at radius 3 is 1.91 bits per heavy atom. The Kier molecular flexibility index (Phi) is 6.78. The van der Waals surface area contributed by atoms with E-state index in [4.69, 9.17) is 5.73 Å². The number of aliphatic carboxylic acids is 1. The van der Waals surface area contributed by atoms with Gasteiger partial charge in [0.2, 0.25) is 0 Å². The van der Waals surface area contributed by atoms with E-state index in [1.165, 1.54) is 0 Å². The Morgan fingerprint density at radius 1 is 0.957 bits per heavy atom. The maximum atomic E-state index is 11.6. The summed E-state index contributed by atoms with van der Waals surface area (Å²) in [5, 5.41) is 12.8. The van der Waals surface area contributed by atoms with Gasteiger partial charge < -0.3 is 10.8 Å². The first-order valence-corrected chi connectivity index (χ1v) is 8.01. The van der Waals surface area contributed by atoms with Crippen LogP contribution >= 0.6 is 0 Å². The van der Waals surface area contributed by atoms with Gasteiger partial charge in [-0.3, -0.25) is 10.1 Å². The highest BCUT2D eigenvalue weighted by molar-refractivity contribution is 5.73. The molecule has 2 rings (SSSR count). The Hall–Kier alpha value is -2.17. The molecule has 0 aliphatic heterocycles. The monoisotopic (exact) mass is 312 g/mol. The second-order valence-electron chi connectivity index (χ2n) is 5.60. The largest absolute Gasteiger partial charge is 0.480 e. The van der Waals surface area contributed by atoms with Crippen molar-refractivity contribution in [1.29, 1.82) is 0 Å². The molecule has 1 unspecified atom stereocenters. The molecule has 0 aliphatic carbocycles. The quantitative estimate of drug-likeness (QED) is 0.622. The molecule has 0 aromatic heterocycles. The standard InChI is InChI=1S/C19H24N2O2/c20-14-8-7-13-17(19(22)23)21-18(15-9-3-1-4-10-15)16-11-5-2-6-12-16/h1-6,9-12,17-18,21H,7-8,13-14,20H2,(H,22,23). The fourth-order valence-electron chi connectivity index (χ4n) is 2.65. The molecule has 0 amide bonds. The highest BCUT2D eigenvalue weighted by Crippen LogP contribution is 2.23. The van der Waals surface area contributed by atoms with E-state index in [2.05, 4.69) is 5.32 Å². The molecular formula is C19H24N2O2. The molecule has 2 aromatic carbocycles. The van der Waals surface area contributed by atoms with Crippen molar-refractivity contribution in [3.8, 4) is 0 Å². The molecule has 4 heteroatoms. The minimum Gasteiger partial charge on any atom is -0.480 e. The van der Waals surface area contributed by atoms with Crippen molar-refractivity contribution >= 4 is 5.97 Å². The molecule has 0 aliphatic rings. The number of carboxylic acids is 1. The number of carboxylic acid groups (broad SMARTS) is 1. The average Bonchev–Trinajstić information content (AvgIpc) is 2.59. The number of hydrogen-bond acceptors (Lipinski definition) is 3. The molecule has 4 N–H and O–H groups in total. The van der Waals surface area contributed by atoms with Crippen LogP contribution in [-0.4, -0.2) is 23.7 Å². The molecule has 0 fully saturated rings. The summed E-state index contributed by atoms with van der Waals surface area (Å²) in [7, 11) is 0. The summed E-state index contributed by atoms with van der Waals surface area (Å²) in [6, 6.07) is 19.1. The first kappa shape index (κ1) is 17.2. The van der Waals surface area contributed by atoms with Crippen LogP contribution in [0.25, 0.3) is 0 Å². The van der Waals surface area contributed by atoms with Crippen molar-refractivity contribution in [1.82, 2.24) is 5.32 Å². The minimum atomic E-state index is -0.820. The lowest BCUT2D eigenvalue weighted by atomic mass is 9.97. The second-order valence-corrected chi connectivity index (χ2v) is 5.60. The number of nitrogens with one attached hydrogen (secondary N) is 1. The molecule has 0 radical (unpaired) electrons. The summed E-state index contributed by atoms with van der Waals surface area (Å²) in [5.74, 6) is -0.820. The molecule has 0 saturated heterocycles. The SMILES string of the molecule is NCCCCC(NC(c1ccccc1)c1ccccc1)C(=O)O. The smallest absolute Gasteiger partial charge is 0.320 e. The van der Waals surface area contributed by atoms with E-state index in [0.717, 1.165) is 24.0 Å².